The molecule has 2 aliphatic heterocycles. The highest BCUT2D eigenvalue weighted by atomic mass is 79.9. The minimum atomic E-state index is -0.331. The molecule has 5 heteroatoms. The zero-order valence-electron chi connectivity index (χ0n) is 11.3. The van der Waals surface area contributed by atoms with Crippen LogP contribution in [0.5, 0.6) is 0 Å². The van der Waals surface area contributed by atoms with Gasteiger partial charge in [0.15, 0.2) is 0 Å². The van der Waals surface area contributed by atoms with Crippen LogP contribution >= 0.6 is 15.9 Å². The minimum Gasteiger partial charge on any atom is -0.339 e. The Labute approximate surface area is 126 Å². The van der Waals surface area contributed by atoms with Crippen molar-refractivity contribution in [3.05, 3.63) is 34.1 Å². The summed E-state index contributed by atoms with van der Waals surface area (Å²) in [5.41, 5.74) is 0.948. The number of nitrogens with one attached hydrogen (secondary N) is 1. The summed E-state index contributed by atoms with van der Waals surface area (Å²) in [4.78, 5) is 14.4. The Bertz CT molecular complexity index is 519. The minimum absolute atomic E-state index is 0.00215. The van der Waals surface area contributed by atoms with Gasteiger partial charge in [-0.3, -0.25) is 4.79 Å². The molecule has 2 fully saturated rings. The van der Waals surface area contributed by atoms with Crippen molar-refractivity contribution in [2.45, 2.75) is 19.3 Å². The number of amides is 1. The summed E-state index contributed by atoms with van der Waals surface area (Å²) >= 11 is 3.28. The van der Waals surface area contributed by atoms with Gasteiger partial charge in [0.1, 0.15) is 5.82 Å². The van der Waals surface area contributed by atoms with Crippen molar-refractivity contribution in [3.63, 3.8) is 0 Å². The van der Waals surface area contributed by atoms with E-state index in [-0.39, 0.29) is 11.7 Å². The molecule has 0 aromatic heterocycles. The Morgan fingerprint density at radius 3 is 2.65 bits per heavy atom. The van der Waals surface area contributed by atoms with E-state index in [1.165, 1.54) is 18.6 Å². The van der Waals surface area contributed by atoms with Crippen LogP contribution < -0.4 is 5.32 Å². The van der Waals surface area contributed by atoms with Crippen LogP contribution in [0.3, 0.4) is 0 Å². The first-order chi connectivity index (χ1) is 9.60. The van der Waals surface area contributed by atoms with E-state index in [4.69, 9.17) is 0 Å². The lowest BCUT2D eigenvalue weighted by atomic mass is 9.78. The molecule has 2 heterocycles. The summed E-state index contributed by atoms with van der Waals surface area (Å²) in [5, 5.41) is 3.42. The van der Waals surface area contributed by atoms with Crippen molar-refractivity contribution in [2.24, 2.45) is 5.41 Å². The van der Waals surface area contributed by atoms with Crippen LogP contribution in [0, 0.1) is 11.2 Å². The first-order valence-electron chi connectivity index (χ1n) is 7.05. The van der Waals surface area contributed by atoms with Crippen LogP contribution in [0.4, 0.5) is 4.39 Å². The first-order valence-corrected chi connectivity index (χ1v) is 7.84. The second-order valence-corrected chi connectivity index (χ2v) is 6.70. The number of carbonyl (C=O) groups is 1. The van der Waals surface area contributed by atoms with Gasteiger partial charge in [-0.15, -0.1) is 0 Å². The highest BCUT2D eigenvalue weighted by molar-refractivity contribution is 9.10. The van der Waals surface area contributed by atoms with Gasteiger partial charge in [0.25, 0.3) is 5.91 Å². The van der Waals surface area contributed by atoms with Gasteiger partial charge in [-0.05, 0) is 65.4 Å². The van der Waals surface area contributed by atoms with Gasteiger partial charge in [0, 0.05) is 24.1 Å². The molecule has 0 aliphatic carbocycles. The van der Waals surface area contributed by atoms with E-state index in [9.17, 15) is 9.18 Å². The normalized spacial score (nSPS) is 21.4. The number of halogens is 2. The number of hydrogen-bond acceptors (Lipinski definition) is 2. The van der Waals surface area contributed by atoms with E-state index in [1.807, 2.05) is 4.90 Å². The summed E-state index contributed by atoms with van der Waals surface area (Å²) in [5.74, 6) is -0.333. The highest BCUT2D eigenvalue weighted by Gasteiger charge is 2.38. The van der Waals surface area contributed by atoms with E-state index in [0.29, 0.717) is 15.5 Å². The smallest absolute Gasteiger partial charge is 0.255 e. The van der Waals surface area contributed by atoms with Crippen molar-refractivity contribution in [2.75, 3.05) is 26.2 Å². The maximum atomic E-state index is 13.1. The number of carbonyl (C=O) groups excluding carboxylic acids is 1. The number of hydrogen-bond donors (Lipinski definition) is 1. The van der Waals surface area contributed by atoms with Gasteiger partial charge in [-0.25, -0.2) is 4.39 Å². The van der Waals surface area contributed by atoms with Crippen LogP contribution in [0.2, 0.25) is 0 Å². The van der Waals surface area contributed by atoms with E-state index in [1.54, 1.807) is 6.07 Å². The average Bonchev–Trinajstić information content (AvgIpc) is 2.87. The van der Waals surface area contributed by atoms with Crippen molar-refractivity contribution in [1.29, 1.82) is 0 Å². The van der Waals surface area contributed by atoms with Crippen LogP contribution in [0.15, 0.2) is 22.7 Å². The molecule has 1 aromatic carbocycles. The molecule has 0 radical (unpaired) electrons. The fourth-order valence-corrected chi connectivity index (χ4v) is 3.76. The van der Waals surface area contributed by atoms with Crippen LogP contribution in [0.25, 0.3) is 0 Å². The number of piperidine rings is 1. The van der Waals surface area contributed by atoms with Crippen molar-refractivity contribution in [3.8, 4) is 0 Å². The third kappa shape index (κ3) is 2.61. The standard InChI is InChI=1S/C15H18BrFN2O/c16-13-9-11(17)1-2-12(13)14(20)19-7-4-15(5-8-19)3-6-18-10-15/h1-2,9,18H,3-8,10H2. The van der Waals surface area contributed by atoms with Gasteiger partial charge >= 0.3 is 0 Å². The van der Waals surface area contributed by atoms with E-state index < -0.39 is 0 Å². The second kappa shape index (κ2) is 5.45. The average molecular weight is 341 g/mol. The topological polar surface area (TPSA) is 32.3 Å². The molecule has 0 bridgehead atoms. The Balaban J connectivity index is 1.69. The lowest BCUT2D eigenvalue weighted by Gasteiger charge is -2.39. The Morgan fingerprint density at radius 2 is 2.05 bits per heavy atom. The second-order valence-electron chi connectivity index (χ2n) is 5.84. The van der Waals surface area contributed by atoms with E-state index >= 15 is 0 Å². The van der Waals surface area contributed by atoms with E-state index in [0.717, 1.165) is 39.0 Å². The first kappa shape index (κ1) is 14.0. The van der Waals surface area contributed by atoms with Gasteiger partial charge in [-0.2, -0.15) is 0 Å². The Morgan fingerprint density at radius 1 is 1.30 bits per heavy atom. The van der Waals surface area contributed by atoms with Crippen molar-refractivity contribution < 1.29 is 9.18 Å². The lowest BCUT2D eigenvalue weighted by Crippen LogP contribution is -2.44. The lowest BCUT2D eigenvalue weighted by molar-refractivity contribution is 0.0607. The largest absolute Gasteiger partial charge is 0.339 e. The molecule has 0 atom stereocenters. The van der Waals surface area contributed by atoms with Crippen LogP contribution in [-0.4, -0.2) is 37.0 Å². The van der Waals surface area contributed by atoms with E-state index in [2.05, 4.69) is 21.2 Å². The Kier molecular flexibility index (Phi) is 3.82. The van der Waals surface area contributed by atoms with Crippen molar-refractivity contribution in [1.82, 2.24) is 10.2 Å². The van der Waals surface area contributed by atoms with Crippen LogP contribution in [-0.2, 0) is 0 Å². The fourth-order valence-electron chi connectivity index (χ4n) is 3.24. The molecular formula is C15H18BrFN2O. The number of rotatable bonds is 1. The molecule has 1 N–H and O–H groups in total. The molecular weight excluding hydrogens is 323 g/mol. The third-order valence-electron chi connectivity index (χ3n) is 4.60. The summed E-state index contributed by atoms with van der Waals surface area (Å²) < 4.78 is 13.6. The zero-order chi connectivity index (χ0) is 14.2. The molecule has 2 aliphatic rings. The number of likely N-dealkylation sites (tertiary alicyclic amines) is 1. The SMILES string of the molecule is O=C(c1ccc(F)cc1Br)N1CCC2(CCNC2)CC1. The molecule has 0 saturated carbocycles. The maximum absolute atomic E-state index is 13.1. The van der Waals surface area contributed by atoms with Crippen molar-refractivity contribution >= 4 is 21.8 Å². The summed E-state index contributed by atoms with van der Waals surface area (Å²) in [6.45, 7) is 3.77. The molecule has 3 nitrogen and oxygen atoms in total. The molecule has 1 aromatic rings. The molecule has 20 heavy (non-hydrogen) atoms. The maximum Gasteiger partial charge on any atom is 0.255 e. The van der Waals surface area contributed by atoms with Crippen LogP contribution in [0.1, 0.15) is 29.6 Å². The zero-order valence-corrected chi connectivity index (χ0v) is 12.9. The molecule has 2 saturated heterocycles. The number of benzene rings is 1. The van der Waals surface area contributed by atoms with Gasteiger partial charge < -0.3 is 10.2 Å². The molecule has 3 rings (SSSR count). The molecule has 1 spiro atoms. The molecule has 108 valence electrons. The molecule has 0 unspecified atom stereocenters. The summed E-state index contributed by atoms with van der Waals surface area (Å²) in [6.07, 6.45) is 3.34. The predicted molar refractivity (Wildman–Crippen MR) is 79.2 cm³/mol. The fraction of sp³-hybridized carbons (Fsp3) is 0.533. The summed E-state index contributed by atoms with van der Waals surface area (Å²) in [6, 6.07) is 4.24. The molecule has 1 amide bonds. The third-order valence-corrected chi connectivity index (χ3v) is 5.26. The van der Waals surface area contributed by atoms with Gasteiger partial charge in [-0.1, -0.05) is 0 Å². The highest BCUT2D eigenvalue weighted by Crippen LogP contribution is 2.37. The Hall–Kier alpha value is -0.940. The van der Waals surface area contributed by atoms with Gasteiger partial charge in [0.2, 0.25) is 0 Å². The van der Waals surface area contributed by atoms with Gasteiger partial charge in [0.05, 0.1) is 5.56 Å². The number of nitrogens with zero attached hydrogens (tertiary/aromatic N) is 1. The quantitative estimate of drug-likeness (QED) is 0.852. The monoisotopic (exact) mass is 340 g/mol. The predicted octanol–water partition coefficient (Wildman–Crippen LogP) is 2.80. The summed E-state index contributed by atoms with van der Waals surface area (Å²) in [7, 11) is 0.